The molecule has 0 amide bonds. The van der Waals surface area contributed by atoms with Gasteiger partial charge in [-0.3, -0.25) is 0 Å². The number of halogens is 1. The summed E-state index contributed by atoms with van der Waals surface area (Å²) in [6.45, 7) is 3.48. The maximum atomic E-state index is 13.4. The van der Waals surface area contributed by atoms with Crippen molar-refractivity contribution in [3.63, 3.8) is 0 Å². The molecule has 78 valence electrons. The first-order valence-corrected chi connectivity index (χ1v) is 4.55. The highest BCUT2D eigenvalue weighted by atomic mass is 19.1. The van der Waals surface area contributed by atoms with Crippen LogP contribution in [0.3, 0.4) is 0 Å². The largest absolute Gasteiger partial charge is 0.493 e. The third kappa shape index (κ3) is 2.45. The molecule has 0 aliphatic carbocycles. The summed E-state index contributed by atoms with van der Waals surface area (Å²) in [4.78, 5) is 0. The minimum Gasteiger partial charge on any atom is -0.493 e. The summed E-state index contributed by atoms with van der Waals surface area (Å²) in [5.41, 5.74) is 1.54. The number of methoxy groups -OCH3 is 1. The average Bonchev–Trinajstić information content (AvgIpc) is 2.01. The van der Waals surface area contributed by atoms with E-state index in [0.717, 1.165) is 5.56 Å². The minimum absolute atomic E-state index is 0.233. The quantitative estimate of drug-likeness (QED) is 0.805. The molecule has 0 heterocycles. The summed E-state index contributed by atoms with van der Waals surface area (Å²) < 4.78 is 18.3. The van der Waals surface area contributed by atoms with E-state index in [1.165, 1.54) is 13.2 Å². The van der Waals surface area contributed by atoms with Gasteiger partial charge in [-0.15, -0.1) is 0 Å². The first kappa shape index (κ1) is 11.0. The summed E-state index contributed by atoms with van der Waals surface area (Å²) in [6.07, 6.45) is -0.0907. The molecule has 0 saturated heterocycles. The molecule has 1 unspecified atom stereocenters. The molecular formula is C11H15FO2. The van der Waals surface area contributed by atoms with Gasteiger partial charge in [0, 0.05) is 6.42 Å². The first-order chi connectivity index (χ1) is 6.54. The summed E-state index contributed by atoms with van der Waals surface area (Å²) >= 11 is 0. The second-order valence-corrected chi connectivity index (χ2v) is 3.49. The Morgan fingerprint density at radius 1 is 1.50 bits per heavy atom. The molecule has 2 nitrogen and oxygen atoms in total. The van der Waals surface area contributed by atoms with Crippen LogP contribution in [-0.4, -0.2) is 18.3 Å². The molecule has 0 radical (unpaired) electrons. The van der Waals surface area contributed by atoms with E-state index >= 15 is 0 Å². The number of ether oxygens (including phenoxy) is 1. The molecular weight excluding hydrogens is 183 g/mol. The monoisotopic (exact) mass is 198 g/mol. The maximum absolute atomic E-state index is 13.4. The highest BCUT2D eigenvalue weighted by Crippen LogP contribution is 2.25. The average molecular weight is 198 g/mol. The van der Waals surface area contributed by atoms with Crippen LogP contribution in [0.2, 0.25) is 0 Å². The molecule has 0 aliphatic rings. The van der Waals surface area contributed by atoms with Crippen molar-refractivity contribution >= 4 is 0 Å². The number of benzene rings is 1. The van der Waals surface area contributed by atoms with E-state index < -0.39 is 6.10 Å². The predicted molar refractivity (Wildman–Crippen MR) is 53.1 cm³/mol. The standard InChI is InChI=1S/C11H15FO2/c1-7-4-9(6-8(2)13)11(14-3)10(12)5-7/h4-5,8,13H,6H2,1-3H3. The van der Waals surface area contributed by atoms with Gasteiger partial charge in [-0.1, -0.05) is 6.07 Å². The van der Waals surface area contributed by atoms with Crippen molar-refractivity contribution in [2.75, 3.05) is 7.11 Å². The number of rotatable bonds is 3. The van der Waals surface area contributed by atoms with Gasteiger partial charge in [0.25, 0.3) is 0 Å². The van der Waals surface area contributed by atoms with Gasteiger partial charge in [-0.05, 0) is 31.0 Å². The van der Waals surface area contributed by atoms with Crippen LogP contribution in [0, 0.1) is 12.7 Å². The van der Waals surface area contributed by atoms with Gasteiger partial charge in [0.05, 0.1) is 13.2 Å². The normalized spacial score (nSPS) is 12.6. The molecule has 1 rings (SSSR count). The van der Waals surface area contributed by atoms with Crippen molar-refractivity contribution in [2.24, 2.45) is 0 Å². The third-order valence-corrected chi connectivity index (χ3v) is 1.98. The lowest BCUT2D eigenvalue weighted by atomic mass is 10.0. The van der Waals surface area contributed by atoms with Gasteiger partial charge < -0.3 is 9.84 Å². The van der Waals surface area contributed by atoms with Crippen molar-refractivity contribution in [2.45, 2.75) is 26.4 Å². The van der Waals surface area contributed by atoms with E-state index in [-0.39, 0.29) is 11.6 Å². The van der Waals surface area contributed by atoms with E-state index in [0.29, 0.717) is 12.0 Å². The Hall–Kier alpha value is -1.09. The van der Waals surface area contributed by atoms with Gasteiger partial charge in [0.1, 0.15) is 0 Å². The molecule has 0 aromatic heterocycles. The second kappa shape index (κ2) is 4.42. The van der Waals surface area contributed by atoms with Crippen molar-refractivity contribution in [3.05, 3.63) is 29.1 Å². The molecule has 1 N–H and O–H groups in total. The van der Waals surface area contributed by atoms with Crippen LogP contribution in [0.15, 0.2) is 12.1 Å². The topological polar surface area (TPSA) is 29.5 Å². The number of aliphatic hydroxyl groups excluding tert-OH is 1. The van der Waals surface area contributed by atoms with E-state index in [4.69, 9.17) is 4.74 Å². The van der Waals surface area contributed by atoms with E-state index in [9.17, 15) is 9.50 Å². The van der Waals surface area contributed by atoms with Crippen LogP contribution in [0.1, 0.15) is 18.1 Å². The highest BCUT2D eigenvalue weighted by molar-refractivity contribution is 5.38. The molecule has 3 heteroatoms. The summed E-state index contributed by atoms with van der Waals surface area (Å²) in [6, 6.07) is 3.25. The Kier molecular flexibility index (Phi) is 3.47. The molecule has 1 atom stereocenters. The van der Waals surface area contributed by atoms with Crippen LogP contribution >= 0.6 is 0 Å². The van der Waals surface area contributed by atoms with Crippen molar-refractivity contribution in [1.29, 1.82) is 0 Å². The Bertz CT molecular complexity index is 321. The van der Waals surface area contributed by atoms with Gasteiger partial charge in [-0.2, -0.15) is 0 Å². The lowest BCUT2D eigenvalue weighted by molar-refractivity contribution is 0.194. The zero-order valence-electron chi connectivity index (χ0n) is 8.67. The van der Waals surface area contributed by atoms with Crippen molar-refractivity contribution in [1.82, 2.24) is 0 Å². The Labute approximate surface area is 83.3 Å². The van der Waals surface area contributed by atoms with Crippen molar-refractivity contribution in [3.8, 4) is 5.75 Å². The lowest BCUT2D eigenvalue weighted by Gasteiger charge is -2.11. The third-order valence-electron chi connectivity index (χ3n) is 1.98. The Morgan fingerprint density at radius 3 is 2.64 bits per heavy atom. The zero-order valence-corrected chi connectivity index (χ0v) is 8.67. The van der Waals surface area contributed by atoms with Gasteiger partial charge in [0.15, 0.2) is 11.6 Å². The second-order valence-electron chi connectivity index (χ2n) is 3.49. The number of hydrogen-bond donors (Lipinski definition) is 1. The van der Waals surface area contributed by atoms with E-state index in [2.05, 4.69) is 0 Å². The molecule has 0 bridgehead atoms. The predicted octanol–water partition coefficient (Wildman–Crippen LogP) is 2.07. The molecule has 0 spiro atoms. The van der Waals surface area contributed by atoms with E-state index in [1.807, 2.05) is 13.0 Å². The molecule has 1 aromatic carbocycles. The van der Waals surface area contributed by atoms with Crippen LogP contribution in [0.5, 0.6) is 5.75 Å². The Balaban J connectivity index is 3.11. The number of aliphatic hydroxyl groups is 1. The maximum Gasteiger partial charge on any atom is 0.165 e. The molecule has 1 aromatic rings. The number of hydrogen-bond acceptors (Lipinski definition) is 2. The van der Waals surface area contributed by atoms with Gasteiger partial charge in [0.2, 0.25) is 0 Å². The fourth-order valence-corrected chi connectivity index (χ4v) is 1.50. The van der Waals surface area contributed by atoms with Crippen LogP contribution in [0.4, 0.5) is 4.39 Å². The highest BCUT2D eigenvalue weighted by Gasteiger charge is 2.11. The van der Waals surface area contributed by atoms with Crippen LogP contribution in [0.25, 0.3) is 0 Å². The molecule has 0 fully saturated rings. The minimum atomic E-state index is -0.495. The molecule has 0 saturated carbocycles. The molecule has 0 aliphatic heterocycles. The van der Waals surface area contributed by atoms with Gasteiger partial charge in [-0.25, -0.2) is 4.39 Å². The Morgan fingerprint density at radius 2 is 2.14 bits per heavy atom. The summed E-state index contributed by atoms with van der Waals surface area (Å²) in [5, 5.41) is 9.23. The zero-order chi connectivity index (χ0) is 10.7. The fourth-order valence-electron chi connectivity index (χ4n) is 1.50. The van der Waals surface area contributed by atoms with Gasteiger partial charge >= 0.3 is 0 Å². The summed E-state index contributed by atoms with van der Waals surface area (Å²) in [7, 11) is 1.43. The fraction of sp³-hybridized carbons (Fsp3) is 0.455. The smallest absolute Gasteiger partial charge is 0.165 e. The molecule has 14 heavy (non-hydrogen) atoms. The van der Waals surface area contributed by atoms with Crippen LogP contribution in [-0.2, 0) is 6.42 Å². The SMILES string of the molecule is COc1c(F)cc(C)cc1CC(C)O. The lowest BCUT2D eigenvalue weighted by Crippen LogP contribution is -2.07. The van der Waals surface area contributed by atoms with E-state index in [1.54, 1.807) is 6.92 Å². The van der Waals surface area contributed by atoms with Crippen molar-refractivity contribution < 1.29 is 14.2 Å². The number of aryl methyl sites for hydroxylation is 1. The first-order valence-electron chi connectivity index (χ1n) is 4.55. The summed E-state index contributed by atoms with van der Waals surface area (Å²) in [5.74, 6) is -0.139. The van der Waals surface area contributed by atoms with Crippen LogP contribution < -0.4 is 4.74 Å².